The zero-order valence-electron chi connectivity index (χ0n) is 7.32. The molecule has 0 saturated carbocycles. The molecule has 0 amide bonds. The molecule has 0 aliphatic carbocycles. The lowest BCUT2D eigenvalue weighted by Crippen LogP contribution is -2.13. The third kappa shape index (κ3) is 2.24. The van der Waals surface area contributed by atoms with E-state index in [1.807, 2.05) is 0 Å². The molecule has 0 aliphatic heterocycles. The second kappa shape index (κ2) is 4.00. The van der Waals surface area contributed by atoms with Crippen LogP contribution in [0.25, 0.3) is 0 Å². The first-order valence-corrected chi connectivity index (χ1v) is 3.73. The van der Waals surface area contributed by atoms with Crippen molar-refractivity contribution in [3.05, 3.63) is 28.8 Å². The summed E-state index contributed by atoms with van der Waals surface area (Å²) in [4.78, 5) is 2.54. The average molecular weight is 240 g/mol. The molecule has 0 saturated heterocycles. The van der Waals surface area contributed by atoms with Gasteiger partial charge in [0.25, 0.3) is 6.43 Å². The molecule has 8 heteroatoms. The lowest BCUT2D eigenvalue weighted by Gasteiger charge is -2.09. The molecule has 1 aromatic rings. The number of hydrogen-bond donors (Lipinski definition) is 0. The molecule has 16 heavy (non-hydrogen) atoms. The SMILES string of the molecule is N#Cc1nc(C(F)(F)F)c(F)cc1C(F)F. The highest BCUT2D eigenvalue weighted by atomic mass is 19.4. The first kappa shape index (κ1) is 12.3. The molecule has 1 rings (SSSR count). The van der Waals surface area contributed by atoms with E-state index in [1.54, 1.807) is 0 Å². The zero-order chi connectivity index (χ0) is 12.5. The highest BCUT2D eigenvalue weighted by molar-refractivity contribution is 5.34. The van der Waals surface area contributed by atoms with Gasteiger partial charge in [0, 0.05) is 0 Å². The third-order valence-corrected chi connectivity index (χ3v) is 1.61. The van der Waals surface area contributed by atoms with Gasteiger partial charge in [0.2, 0.25) is 0 Å². The largest absolute Gasteiger partial charge is 0.436 e. The van der Waals surface area contributed by atoms with Gasteiger partial charge in [-0.2, -0.15) is 18.4 Å². The Morgan fingerprint density at radius 3 is 2.25 bits per heavy atom. The van der Waals surface area contributed by atoms with E-state index in [-0.39, 0.29) is 6.07 Å². The van der Waals surface area contributed by atoms with Gasteiger partial charge in [-0.15, -0.1) is 0 Å². The van der Waals surface area contributed by atoms with E-state index < -0.39 is 35.4 Å². The quantitative estimate of drug-likeness (QED) is 0.707. The van der Waals surface area contributed by atoms with E-state index in [0.29, 0.717) is 0 Å². The minimum Gasteiger partial charge on any atom is -0.229 e. The average Bonchev–Trinajstić information content (AvgIpc) is 2.15. The van der Waals surface area contributed by atoms with Crippen LogP contribution in [0.1, 0.15) is 23.4 Å². The summed E-state index contributed by atoms with van der Waals surface area (Å²) in [5, 5.41) is 8.31. The summed E-state index contributed by atoms with van der Waals surface area (Å²) < 4.78 is 73.5. The first-order valence-electron chi connectivity index (χ1n) is 3.73. The fourth-order valence-corrected chi connectivity index (χ4v) is 0.958. The van der Waals surface area contributed by atoms with Crippen LogP contribution >= 0.6 is 0 Å². The fraction of sp³-hybridized carbons (Fsp3) is 0.250. The number of nitrogens with zero attached hydrogens (tertiary/aromatic N) is 2. The summed E-state index contributed by atoms with van der Waals surface area (Å²) in [6.07, 6.45) is -8.39. The maximum atomic E-state index is 12.8. The first-order chi connectivity index (χ1) is 7.27. The van der Waals surface area contributed by atoms with Crippen LogP contribution in [0.5, 0.6) is 0 Å². The Bertz CT molecular complexity index is 445. The van der Waals surface area contributed by atoms with Crippen molar-refractivity contribution in [3.8, 4) is 6.07 Å². The molecule has 2 nitrogen and oxygen atoms in total. The minimum atomic E-state index is -5.13. The van der Waals surface area contributed by atoms with Crippen LogP contribution in [-0.2, 0) is 6.18 Å². The van der Waals surface area contributed by atoms with Gasteiger partial charge in [-0.25, -0.2) is 18.2 Å². The second-order valence-corrected chi connectivity index (χ2v) is 2.67. The smallest absolute Gasteiger partial charge is 0.229 e. The van der Waals surface area contributed by atoms with Crippen LogP contribution in [0, 0.1) is 17.1 Å². The molecular formula is C8H2F6N2. The van der Waals surface area contributed by atoms with Crippen LogP contribution < -0.4 is 0 Å². The van der Waals surface area contributed by atoms with Gasteiger partial charge in [0.1, 0.15) is 11.8 Å². The fourth-order valence-electron chi connectivity index (χ4n) is 0.958. The Morgan fingerprint density at radius 1 is 1.31 bits per heavy atom. The predicted octanol–water partition coefficient (Wildman–Crippen LogP) is 3.05. The van der Waals surface area contributed by atoms with Crippen LogP contribution in [0.2, 0.25) is 0 Å². The van der Waals surface area contributed by atoms with Gasteiger partial charge < -0.3 is 0 Å². The van der Waals surface area contributed by atoms with E-state index in [2.05, 4.69) is 4.98 Å². The van der Waals surface area contributed by atoms with Crippen molar-refractivity contribution < 1.29 is 26.3 Å². The van der Waals surface area contributed by atoms with E-state index in [4.69, 9.17) is 5.26 Å². The van der Waals surface area contributed by atoms with Gasteiger partial charge in [0.05, 0.1) is 5.56 Å². The Labute approximate surface area is 85.1 Å². The van der Waals surface area contributed by atoms with Crippen molar-refractivity contribution in [2.45, 2.75) is 12.6 Å². The molecule has 0 atom stereocenters. The molecule has 0 aliphatic rings. The van der Waals surface area contributed by atoms with Gasteiger partial charge in [-0.1, -0.05) is 0 Å². The molecule has 0 N–H and O–H groups in total. The molecule has 86 valence electrons. The molecule has 0 bridgehead atoms. The van der Waals surface area contributed by atoms with Crippen LogP contribution in [0.3, 0.4) is 0 Å². The molecule has 0 aromatic carbocycles. The summed E-state index contributed by atoms with van der Waals surface area (Å²) in [6.45, 7) is 0. The molecule has 0 radical (unpaired) electrons. The Balaban J connectivity index is 3.45. The lowest BCUT2D eigenvalue weighted by atomic mass is 10.1. The van der Waals surface area contributed by atoms with Crippen molar-refractivity contribution in [2.24, 2.45) is 0 Å². The third-order valence-electron chi connectivity index (χ3n) is 1.61. The standard InChI is InChI=1S/C8H2F6N2/c9-4-1-3(7(10)11)5(2-15)16-6(4)8(12,13)14/h1,7H. The Morgan fingerprint density at radius 2 is 1.88 bits per heavy atom. The number of pyridine rings is 1. The zero-order valence-corrected chi connectivity index (χ0v) is 7.32. The number of aromatic nitrogens is 1. The Hall–Kier alpha value is -1.78. The van der Waals surface area contributed by atoms with E-state index in [0.717, 1.165) is 6.07 Å². The second-order valence-electron chi connectivity index (χ2n) is 2.67. The van der Waals surface area contributed by atoms with Crippen LogP contribution in [0.4, 0.5) is 26.3 Å². The molecule has 0 unspecified atom stereocenters. The van der Waals surface area contributed by atoms with E-state index >= 15 is 0 Å². The van der Waals surface area contributed by atoms with Crippen molar-refractivity contribution in [3.63, 3.8) is 0 Å². The summed E-state index contributed by atoms with van der Waals surface area (Å²) in [6, 6.07) is 1.03. The van der Waals surface area contributed by atoms with Gasteiger partial charge >= 0.3 is 6.18 Å². The van der Waals surface area contributed by atoms with Crippen molar-refractivity contribution in [2.75, 3.05) is 0 Å². The van der Waals surface area contributed by atoms with Crippen molar-refractivity contribution in [1.29, 1.82) is 5.26 Å². The summed E-state index contributed by atoms with van der Waals surface area (Å²) in [5.74, 6) is -1.93. The van der Waals surface area contributed by atoms with Gasteiger partial charge in [-0.3, -0.25) is 0 Å². The molecular weight excluding hydrogens is 238 g/mol. The van der Waals surface area contributed by atoms with Crippen LogP contribution in [0.15, 0.2) is 6.07 Å². The molecule has 0 fully saturated rings. The van der Waals surface area contributed by atoms with E-state index in [1.165, 1.54) is 0 Å². The number of alkyl halides is 5. The summed E-state index contributed by atoms with van der Waals surface area (Å²) in [7, 11) is 0. The maximum absolute atomic E-state index is 12.8. The molecule has 1 aromatic heterocycles. The number of rotatable bonds is 1. The van der Waals surface area contributed by atoms with Gasteiger partial charge in [-0.05, 0) is 6.07 Å². The summed E-state index contributed by atoms with van der Waals surface area (Å²) >= 11 is 0. The number of hydrogen-bond acceptors (Lipinski definition) is 2. The number of nitriles is 1. The maximum Gasteiger partial charge on any atom is 0.436 e. The highest BCUT2D eigenvalue weighted by Crippen LogP contribution is 2.32. The Kier molecular flexibility index (Phi) is 3.07. The molecule has 0 spiro atoms. The van der Waals surface area contributed by atoms with Crippen LogP contribution in [-0.4, -0.2) is 4.98 Å². The minimum absolute atomic E-state index is 0.0287. The number of halogens is 6. The summed E-state index contributed by atoms with van der Waals surface area (Å²) in [5.41, 5.74) is -4.27. The topological polar surface area (TPSA) is 36.7 Å². The predicted molar refractivity (Wildman–Crippen MR) is 38.9 cm³/mol. The lowest BCUT2D eigenvalue weighted by molar-refractivity contribution is -0.143. The van der Waals surface area contributed by atoms with Gasteiger partial charge in [0.15, 0.2) is 11.5 Å². The monoisotopic (exact) mass is 240 g/mol. The van der Waals surface area contributed by atoms with E-state index in [9.17, 15) is 26.3 Å². The highest BCUT2D eigenvalue weighted by Gasteiger charge is 2.37. The van der Waals surface area contributed by atoms with Crippen molar-refractivity contribution >= 4 is 0 Å². The molecule has 1 heterocycles. The normalized spacial score (nSPS) is 11.6. The van der Waals surface area contributed by atoms with Crippen molar-refractivity contribution in [1.82, 2.24) is 4.98 Å².